The first-order valence-corrected chi connectivity index (χ1v) is 18.4. The van der Waals surface area contributed by atoms with Gasteiger partial charge in [0, 0.05) is 33.2 Å². The lowest BCUT2D eigenvalue weighted by Gasteiger charge is -2.48. The molecule has 1 aliphatic carbocycles. The van der Waals surface area contributed by atoms with Crippen LogP contribution in [0.3, 0.4) is 0 Å². The Balaban J connectivity index is 1.14. The van der Waals surface area contributed by atoms with E-state index in [1.807, 2.05) is 30.3 Å². The van der Waals surface area contributed by atoms with Crippen molar-refractivity contribution in [1.29, 1.82) is 0 Å². The fraction of sp³-hybridized carbons (Fsp3) is 0.122. The molecule has 4 heteroatoms. The van der Waals surface area contributed by atoms with E-state index in [2.05, 4.69) is 160 Å². The molecular formula is C49H38N4. The zero-order chi connectivity index (χ0) is 35.9. The third kappa shape index (κ3) is 4.72. The Morgan fingerprint density at radius 2 is 1.02 bits per heavy atom. The predicted octanol–water partition coefficient (Wildman–Crippen LogP) is 12.4. The van der Waals surface area contributed by atoms with Gasteiger partial charge in [-0.1, -0.05) is 143 Å². The Labute approximate surface area is 309 Å². The minimum Gasteiger partial charge on any atom is -0.309 e. The van der Waals surface area contributed by atoms with E-state index in [-0.39, 0.29) is 10.8 Å². The molecule has 0 saturated carbocycles. The van der Waals surface area contributed by atoms with E-state index >= 15 is 0 Å². The maximum Gasteiger partial charge on any atom is 0.164 e. The van der Waals surface area contributed by atoms with Crippen LogP contribution in [0.4, 0.5) is 0 Å². The van der Waals surface area contributed by atoms with Crippen LogP contribution in [0.5, 0.6) is 0 Å². The first kappa shape index (κ1) is 31.4. The standard InChI is InChI=1S/C49H38N4/c1-48(2)39-20-12-10-18-37(39)43-40(49(48,3)4)28-29-42-44(43)38-19-11-13-21-41(38)53(42)36-26-24-33(25-27-36)46-50-45(32-15-6-5-7-16-32)51-47(52-46)35-23-22-31-14-8-9-17-34(31)30-35/h5-30H,1-4H3. The van der Waals surface area contributed by atoms with Crippen molar-refractivity contribution in [2.45, 2.75) is 38.5 Å². The van der Waals surface area contributed by atoms with Gasteiger partial charge in [-0.2, -0.15) is 0 Å². The van der Waals surface area contributed by atoms with E-state index in [0.717, 1.165) is 27.8 Å². The lowest BCUT2D eigenvalue weighted by atomic mass is 9.55. The Hall–Kier alpha value is -6.39. The van der Waals surface area contributed by atoms with E-state index < -0.39 is 0 Å². The van der Waals surface area contributed by atoms with Crippen LogP contribution in [0, 0.1) is 0 Å². The van der Waals surface area contributed by atoms with Crippen LogP contribution in [0.1, 0.15) is 38.8 Å². The molecule has 1 aliphatic rings. The van der Waals surface area contributed by atoms with E-state index in [1.165, 1.54) is 49.4 Å². The maximum absolute atomic E-state index is 5.06. The number of fused-ring (bicyclic) bond motifs is 8. The van der Waals surface area contributed by atoms with E-state index in [0.29, 0.717) is 17.5 Å². The Morgan fingerprint density at radius 3 is 1.79 bits per heavy atom. The van der Waals surface area contributed by atoms with Crippen LogP contribution in [0.25, 0.3) is 83.6 Å². The lowest BCUT2D eigenvalue weighted by Crippen LogP contribution is -2.43. The molecule has 53 heavy (non-hydrogen) atoms. The summed E-state index contributed by atoms with van der Waals surface area (Å²) in [6.07, 6.45) is 0. The van der Waals surface area contributed by atoms with Crippen molar-refractivity contribution in [2.75, 3.05) is 0 Å². The van der Waals surface area contributed by atoms with E-state index in [1.54, 1.807) is 0 Å². The molecular weight excluding hydrogens is 645 g/mol. The molecule has 0 aliphatic heterocycles. The van der Waals surface area contributed by atoms with Gasteiger partial charge in [-0.05, 0) is 86.3 Å². The third-order valence-corrected chi connectivity index (χ3v) is 12.0. The molecule has 254 valence electrons. The van der Waals surface area contributed by atoms with Crippen molar-refractivity contribution in [3.05, 3.63) is 169 Å². The second-order valence-corrected chi connectivity index (χ2v) is 15.3. The zero-order valence-corrected chi connectivity index (χ0v) is 30.3. The number of benzene rings is 7. The number of hydrogen-bond acceptors (Lipinski definition) is 3. The molecule has 9 aromatic rings. The van der Waals surface area contributed by atoms with Gasteiger partial charge in [0.15, 0.2) is 17.5 Å². The minimum atomic E-state index is -0.0649. The summed E-state index contributed by atoms with van der Waals surface area (Å²) in [5.74, 6) is 1.95. The van der Waals surface area contributed by atoms with Crippen molar-refractivity contribution >= 4 is 32.6 Å². The summed E-state index contributed by atoms with van der Waals surface area (Å²) in [7, 11) is 0. The minimum absolute atomic E-state index is 0.0258. The van der Waals surface area contributed by atoms with Gasteiger partial charge in [-0.3, -0.25) is 0 Å². The molecule has 10 rings (SSSR count). The van der Waals surface area contributed by atoms with Gasteiger partial charge < -0.3 is 4.57 Å². The summed E-state index contributed by atoms with van der Waals surface area (Å²) < 4.78 is 2.41. The highest BCUT2D eigenvalue weighted by atomic mass is 15.0. The predicted molar refractivity (Wildman–Crippen MR) is 219 cm³/mol. The molecule has 0 amide bonds. The SMILES string of the molecule is CC1(C)c2ccccc2-c2c(ccc3c2c2ccccc2n3-c2ccc(-c3nc(-c4ccccc4)nc(-c4ccc5ccccc5c4)n3)cc2)C1(C)C. The highest BCUT2D eigenvalue weighted by Gasteiger charge is 2.46. The van der Waals surface area contributed by atoms with Crippen molar-refractivity contribution in [1.82, 2.24) is 19.5 Å². The fourth-order valence-electron chi connectivity index (χ4n) is 8.50. The third-order valence-electron chi connectivity index (χ3n) is 12.0. The first-order valence-electron chi connectivity index (χ1n) is 18.4. The summed E-state index contributed by atoms with van der Waals surface area (Å²) in [5, 5.41) is 4.91. The largest absolute Gasteiger partial charge is 0.309 e. The summed E-state index contributed by atoms with van der Waals surface area (Å²) in [4.78, 5) is 15.1. The van der Waals surface area contributed by atoms with Gasteiger partial charge in [0.2, 0.25) is 0 Å². The van der Waals surface area contributed by atoms with Gasteiger partial charge in [0.1, 0.15) is 0 Å². The van der Waals surface area contributed by atoms with Crippen molar-refractivity contribution in [2.24, 2.45) is 0 Å². The number of para-hydroxylation sites is 1. The fourth-order valence-corrected chi connectivity index (χ4v) is 8.50. The van der Waals surface area contributed by atoms with E-state index in [4.69, 9.17) is 15.0 Å². The molecule has 0 fully saturated rings. The quantitative estimate of drug-likeness (QED) is 0.186. The van der Waals surface area contributed by atoms with Crippen LogP contribution < -0.4 is 0 Å². The van der Waals surface area contributed by atoms with Crippen LogP contribution in [-0.2, 0) is 10.8 Å². The second-order valence-electron chi connectivity index (χ2n) is 15.3. The van der Waals surface area contributed by atoms with Crippen LogP contribution in [0.2, 0.25) is 0 Å². The molecule has 0 atom stereocenters. The normalized spacial score (nSPS) is 14.3. The summed E-state index contributed by atoms with van der Waals surface area (Å²) >= 11 is 0. The van der Waals surface area contributed by atoms with E-state index in [9.17, 15) is 0 Å². The van der Waals surface area contributed by atoms with Gasteiger partial charge >= 0.3 is 0 Å². The van der Waals surface area contributed by atoms with Gasteiger partial charge in [-0.15, -0.1) is 0 Å². The molecule has 2 aromatic heterocycles. The molecule has 0 bridgehead atoms. The Morgan fingerprint density at radius 1 is 0.434 bits per heavy atom. The lowest BCUT2D eigenvalue weighted by molar-refractivity contribution is 0.299. The van der Waals surface area contributed by atoms with Crippen molar-refractivity contribution < 1.29 is 0 Å². The monoisotopic (exact) mass is 682 g/mol. The average molecular weight is 683 g/mol. The molecule has 4 nitrogen and oxygen atoms in total. The maximum atomic E-state index is 5.06. The molecule has 0 spiro atoms. The topological polar surface area (TPSA) is 43.6 Å². The van der Waals surface area contributed by atoms with Crippen LogP contribution >= 0.6 is 0 Å². The van der Waals surface area contributed by atoms with Crippen LogP contribution in [-0.4, -0.2) is 19.5 Å². The molecule has 0 saturated heterocycles. The second kappa shape index (κ2) is 11.6. The molecule has 0 unspecified atom stereocenters. The molecule has 0 radical (unpaired) electrons. The summed E-state index contributed by atoms with van der Waals surface area (Å²) in [6, 6.07) is 56.2. The van der Waals surface area contributed by atoms with Gasteiger partial charge in [0.25, 0.3) is 0 Å². The smallest absolute Gasteiger partial charge is 0.164 e. The molecule has 7 aromatic carbocycles. The average Bonchev–Trinajstić information content (AvgIpc) is 3.54. The Bertz CT molecular complexity index is 2880. The van der Waals surface area contributed by atoms with Gasteiger partial charge in [0.05, 0.1) is 11.0 Å². The number of rotatable bonds is 4. The summed E-state index contributed by atoms with van der Waals surface area (Å²) in [6.45, 7) is 9.59. The van der Waals surface area contributed by atoms with Crippen molar-refractivity contribution in [3.63, 3.8) is 0 Å². The summed E-state index contributed by atoms with van der Waals surface area (Å²) in [5.41, 5.74) is 11.7. The number of hydrogen-bond donors (Lipinski definition) is 0. The van der Waals surface area contributed by atoms with Crippen LogP contribution in [0.15, 0.2) is 158 Å². The number of nitrogens with zero attached hydrogens (tertiary/aromatic N) is 4. The molecule has 0 N–H and O–H groups in total. The first-order chi connectivity index (χ1) is 25.8. The zero-order valence-electron chi connectivity index (χ0n) is 30.3. The van der Waals surface area contributed by atoms with Gasteiger partial charge in [-0.25, -0.2) is 15.0 Å². The highest BCUT2D eigenvalue weighted by Crippen LogP contribution is 2.56. The van der Waals surface area contributed by atoms with Crippen molar-refractivity contribution in [3.8, 4) is 51.0 Å². The molecule has 2 heterocycles. The highest BCUT2D eigenvalue weighted by molar-refractivity contribution is 6.17. The number of aromatic nitrogens is 4. The Kier molecular flexibility index (Phi) is 6.84.